The van der Waals surface area contributed by atoms with Crippen LogP contribution < -0.4 is 5.32 Å². The van der Waals surface area contributed by atoms with Crippen molar-refractivity contribution in [2.24, 2.45) is 0 Å². The fourth-order valence-corrected chi connectivity index (χ4v) is 3.70. The zero-order valence-corrected chi connectivity index (χ0v) is 14.1. The van der Waals surface area contributed by atoms with Crippen LogP contribution in [0.2, 0.25) is 5.02 Å². The van der Waals surface area contributed by atoms with Crippen molar-refractivity contribution in [3.63, 3.8) is 0 Å². The van der Waals surface area contributed by atoms with Crippen LogP contribution in [-0.4, -0.2) is 23.3 Å². The number of rotatable bonds is 5. The van der Waals surface area contributed by atoms with E-state index in [4.69, 9.17) is 11.6 Å². The van der Waals surface area contributed by atoms with Crippen molar-refractivity contribution in [2.45, 2.75) is 24.0 Å². The monoisotopic (exact) mass is 341 g/mol. The average molecular weight is 342 g/mol. The summed E-state index contributed by atoms with van der Waals surface area (Å²) in [6, 6.07) is 8.49. The molecule has 112 valence electrons. The fourth-order valence-electron chi connectivity index (χ4n) is 1.92. The first-order valence-corrected chi connectivity index (χ1v) is 8.87. The van der Waals surface area contributed by atoms with Crippen LogP contribution in [0.5, 0.6) is 0 Å². The SMILES string of the molecule is CSc1ccsc1C(=O)NC(C)C(O)c1ccc(Cl)cc1. The van der Waals surface area contributed by atoms with Crippen LogP contribution in [0, 0.1) is 0 Å². The molecule has 1 amide bonds. The van der Waals surface area contributed by atoms with Gasteiger partial charge in [-0.15, -0.1) is 23.1 Å². The molecule has 2 unspecified atom stereocenters. The number of halogens is 1. The van der Waals surface area contributed by atoms with Gasteiger partial charge in [-0.2, -0.15) is 0 Å². The van der Waals surface area contributed by atoms with Crippen molar-refractivity contribution in [3.8, 4) is 0 Å². The molecule has 2 rings (SSSR count). The Bertz CT molecular complexity index is 612. The van der Waals surface area contributed by atoms with E-state index < -0.39 is 12.1 Å². The van der Waals surface area contributed by atoms with Gasteiger partial charge in [0.05, 0.1) is 12.1 Å². The molecule has 0 saturated carbocycles. The van der Waals surface area contributed by atoms with Crippen LogP contribution >= 0.6 is 34.7 Å². The molecule has 21 heavy (non-hydrogen) atoms. The summed E-state index contributed by atoms with van der Waals surface area (Å²) in [7, 11) is 0. The second-order valence-electron chi connectivity index (χ2n) is 4.58. The third-order valence-electron chi connectivity index (χ3n) is 3.10. The van der Waals surface area contributed by atoms with E-state index >= 15 is 0 Å². The highest BCUT2D eigenvalue weighted by Crippen LogP contribution is 2.26. The number of nitrogens with one attached hydrogen (secondary N) is 1. The third kappa shape index (κ3) is 4.01. The lowest BCUT2D eigenvalue weighted by Gasteiger charge is -2.20. The minimum atomic E-state index is -0.774. The van der Waals surface area contributed by atoms with Crippen molar-refractivity contribution in [1.82, 2.24) is 5.32 Å². The Hall–Kier alpha value is -1.01. The quantitative estimate of drug-likeness (QED) is 0.809. The van der Waals surface area contributed by atoms with E-state index in [9.17, 15) is 9.90 Å². The Labute approximate surface area is 137 Å². The first kappa shape index (κ1) is 16.4. The minimum absolute atomic E-state index is 0.158. The molecule has 0 bridgehead atoms. The lowest BCUT2D eigenvalue weighted by molar-refractivity contribution is 0.0853. The highest BCUT2D eigenvalue weighted by atomic mass is 35.5. The summed E-state index contributed by atoms with van der Waals surface area (Å²) in [6.07, 6.45) is 1.16. The van der Waals surface area contributed by atoms with Crippen molar-refractivity contribution in [2.75, 3.05) is 6.26 Å². The van der Waals surface area contributed by atoms with Crippen LogP contribution in [0.1, 0.15) is 28.3 Å². The predicted octanol–water partition coefficient (Wildman–Crippen LogP) is 3.98. The maximum Gasteiger partial charge on any atom is 0.262 e. The molecule has 2 aromatic rings. The van der Waals surface area contributed by atoms with Gasteiger partial charge in [0, 0.05) is 9.92 Å². The van der Waals surface area contributed by atoms with Gasteiger partial charge in [0.15, 0.2) is 0 Å². The molecule has 2 atom stereocenters. The van der Waals surface area contributed by atoms with Gasteiger partial charge in [0.2, 0.25) is 0 Å². The number of aliphatic hydroxyl groups excluding tert-OH is 1. The summed E-state index contributed by atoms with van der Waals surface area (Å²) >= 11 is 8.77. The molecular weight excluding hydrogens is 326 g/mol. The molecule has 0 spiro atoms. The first-order chi connectivity index (χ1) is 10.0. The summed E-state index contributed by atoms with van der Waals surface area (Å²) < 4.78 is 0. The molecule has 1 heterocycles. The van der Waals surface area contributed by atoms with Gasteiger partial charge < -0.3 is 10.4 Å². The zero-order valence-electron chi connectivity index (χ0n) is 11.7. The number of aliphatic hydroxyl groups is 1. The van der Waals surface area contributed by atoms with Gasteiger partial charge in [0.1, 0.15) is 4.88 Å². The summed E-state index contributed by atoms with van der Waals surface area (Å²) in [5, 5.41) is 15.6. The molecule has 0 aliphatic heterocycles. The van der Waals surface area contributed by atoms with Crippen molar-refractivity contribution < 1.29 is 9.90 Å². The van der Waals surface area contributed by atoms with Gasteiger partial charge in [-0.1, -0.05) is 23.7 Å². The third-order valence-corrected chi connectivity index (χ3v) is 5.17. The van der Waals surface area contributed by atoms with Crippen LogP contribution in [0.15, 0.2) is 40.6 Å². The van der Waals surface area contributed by atoms with Gasteiger partial charge in [0.25, 0.3) is 5.91 Å². The van der Waals surface area contributed by atoms with E-state index in [1.54, 1.807) is 31.2 Å². The normalized spacial score (nSPS) is 13.7. The largest absolute Gasteiger partial charge is 0.386 e. The van der Waals surface area contributed by atoms with Gasteiger partial charge in [-0.05, 0) is 42.3 Å². The molecule has 2 N–H and O–H groups in total. The van der Waals surface area contributed by atoms with Crippen LogP contribution in [0.25, 0.3) is 0 Å². The Kier molecular flexibility index (Phi) is 5.70. The molecule has 1 aromatic heterocycles. The molecule has 0 radical (unpaired) electrons. The summed E-state index contributed by atoms with van der Waals surface area (Å²) in [5.74, 6) is -0.158. The number of carbonyl (C=O) groups excluding carboxylic acids is 1. The van der Waals surface area contributed by atoms with E-state index in [2.05, 4.69) is 5.32 Å². The smallest absolute Gasteiger partial charge is 0.262 e. The summed E-state index contributed by atoms with van der Waals surface area (Å²) in [6.45, 7) is 1.78. The average Bonchev–Trinajstić information content (AvgIpc) is 2.95. The molecule has 0 aliphatic rings. The number of hydrogen-bond donors (Lipinski definition) is 2. The molecule has 6 heteroatoms. The number of carbonyl (C=O) groups is 1. The maximum atomic E-state index is 12.2. The van der Waals surface area contributed by atoms with Gasteiger partial charge in [-0.3, -0.25) is 4.79 Å². The topological polar surface area (TPSA) is 49.3 Å². The molecule has 3 nitrogen and oxygen atoms in total. The van der Waals surface area contributed by atoms with Crippen LogP contribution in [-0.2, 0) is 0 Å². The summed E-state index contributed by atoms with van der Waals surface area (Å²) in [4.78, 5) is 13.9. The highest BCUT2D eigenvalue weighted by molar-refractivity contribution is 7.98. The first-order valence-electron chi connectivity index (χ1n) is 6.38. The lowest BCUT2D eigenvalue weighted by atomic mass is 10.0. The molecule has 1 aromatic carbocycles. The van der Waals surface area contributed by atoms with E-state index in [0.717, 1.165) is 10.5 Å². The minimum Gasteiger partial charge on any atom is -0.386 e. The van der Waals surface area contributed by atoms with E-state index in [-0.39, 0.29) is 5.91 Å². The van der Waals surface area contributed by atoms with Crippen LogP contribution in [0.4, 0.5) is 0 Å². The Morgan fingerprint density at radius 2 is 2.00 bits per heavy atom. The number of amides is 1. The predicted molar refractivity (Wildman–Crippen MR) is 89.4 cm³/mol. The van der Waals surface area contributed by atoms with Gasteiger partial charge in [-0.25, -0.2) is 0 Å². The van der Waals surface area contributed by atoms with E-state index in [1.165, 1.54) is 23.1 Å². The molecule has 0 saturated heterocycles. The molecule has 0 aliphatic carbocycles. The summed E-state index contributed by atoms with van der Waals surface area (Å²) in [5.41, 5.74) is 0.725. The van der Waals surface area contributed by atoms with Crippen LogP contribution in [0.3, 0.4) is 0 Å². The second-order valence-corrected chi connectivity index (χ2v) is 6.78. The highest BCUT2D eigenvalue weighted by Gasteiger charge is 2.21. The van der Waals surface area contributed by atoms with Crippen molar-refractivity contribution in [1.29, 1.82) is 0 Å². The maximum absolute atomic E-state index is 12.2. The molecule has 0 fully saturated rings. The molecular formula is C15H16ClNO2S2. The van der Waals surface area contributed by atoms with E-state index in [0.29, 0.717) is 9.90 Å². The number of thioether (sulfide) groups is 1. The van der Waals surface area contributed by atoms with Crippen molar-refractivity contribution >= 4 is 40.6 Å². The lowest BCUT2D eigenvalue weighted by Crippen LogP contribution is -2.36. The number of thiophene rings is 1. The zero-order chi connectivity index (χ0) is 15.4. The fraction of sp³-hybridized carbons (Fsp3) is 0.267. The van der Waals surface area contributed by atoms with E-state index in [1.807, 2.05) is 17.7 Å². The Morgan fingerprint density at radius 1 is 1.33 bits per heavy atom. The standard InChI is InChI=1S/C15H16ClNO2S2/c1-9(13(18)10-3-5-11(16)6-4-10)17-15(19)14-12(20-2)7-8-21-14/h3-9,13,18H,1-2H3,(H,17,19). The second kappa shape index (κ2) is 7.31. The Balaban J connectivity index is 2.05. The van der Waals surface area contributed by atoms with Gasteiger partial charge >= 0.3 is 0 Å². The number of hydrogen-bond acceptors (Lipinski definition) is 4. The number of benzene rings is 1. The van der Waals surface area contributed by atoms with Crippen molar-refractivity contribution in [3.05, 3.63) is 51.2 Å². The Morgan fingerprint density at radius 3 is 2.62 bits per heavy atom.